The van der Waals surface area contributed by atoms with Gasteiger partial charge in [-0.25, -0.2) is 4.98 Å². The number of rotatable bonds is 4. The van der Waals surface area contributed by atoms with Crippen LogP contribution in [-0.4, -0.2) is 24.8 Å². The van der Waals surface area contributed by atoms with Gasteiger partial charge in [-0.1, -0.05) is 11.6 Å². The Morgan fingerprint density at radius 3 is 2.93 bits per heavy atom. The van der Waals surface area contributed by atoms with Crippen molar-refractivity contribution in [1.82, 2.24) is 4.98 Å². The highest BCUT2D eigenvalue weighted by Crippen LogP contribution is 2.21. The zero-order valence-electron chi connectivity index (χ0n) is 8.58. The van der Waals surface area contributed by atoms with Gasteiger partial charge in [-0.3, -0.25) is 0 Å². The quantitative estimate of drug-likeness (QED) is 0.723. The molecule has 0 aliphatic heterocycles. The summed E-state index contributed by atoms with van der Waals surface area (Å²) in [6.45, 7) is 4.43. The number of aromatic nitrogens is 1. The van der Waals surface area contributed by atoms with Crippen LogP contribution in [0.4, 0.5) is 0 Å². The van der Waals surface area contributed by atoms with E-state index in [4.69, 9.17) is 21.1 Å². The van der Waals surface area contributed by atoms with Crippen molar-refractivity contribution in [2.45, 2.75) is 20.0 Å². The van der Waals surface area contributed by atoms with Gasteiger partial charge in [0, 0.05) is 24.9 Å². The number of aryl methyl sites for hydroxylation is 1. The third kappa shape index (κ3) is 3.16. The topological polar surface area (TPSA) is 31.4 Å². The van der Waals surface area contributed by atoms with E-state index in [9.17, 15) is 0 Å². The van der Waals surface area contributed by atoms with Crippen LogP contribution in [-0.2, 0) is 4.74 Å². The Hall–Kier alpha value is -0.800. The van der Waals surface area contributed by atoms with Crippen molar-refractivity contribution in [2.24, 2.45) is 0 Å². The third-order valence-corrected chi connectivity index (χ3v) is 1.96. The fraction of sp³-hybridized carbons (Fsp3) is 0.500. The van der Waals surface area contributed by atoms with Crippen molar-refractivity contribution in [3.05, 3.63) is 23.0 Å². The van der Waals surface area contributed by atoms with Crippen LogP contribution in [0.25, 0.3) is 0 Å². The van der Waals surface area contributed by atoms with Crippen molar-refractivity contribution in [3.8, 4) is 5.75 Å². The Balaban J connectivity index is 2.70. The van der Waals surface area contributed by atoms with Gasteiger partial charge in [-0.2, -0.15) is 0 Å². The van der Waals surface area contributed by atoms with Crippen molar-refractivity contribution in [1.29, 1.82) is 0 Å². The van der Waals surface area contributed by atoms with E-state index < -0.39 is 0 Å². The van der Waals surface area contributed by atoms with Crippen LogP contribution >= 0.6 is 11.6 Å². The first kappa shape index (κ1) is 11.3. The van der Waals surface area contributed by atoms with Gasteiger partial charge < -0.3 is 9.47 Å². The Morgan fingerprint density at radius 2 is 2.29 bits per heavy atom. The lowest BCUT2D eigenvalue weighted by atomic mass is 10.3. The van der Waals surface area contributed by atoms with Crippen LogP contribution in [0.15, 0.2) is 12.3 Å². The number of halogens is 1. The van der Waals surface area contributed by atoms with Gasteiger partial charge in [0.15, 0.2) is 0 Å². The summed E-state index contributed by atoms with van der Waals surface area (Å²) in [7, 11) is 1.65. The molecule has 4 heteroatoms. The molecule has 1 unspecified atom stereocenters. The minimum Gasteiger partial charge on any atom is -0.488 e. The molecule has 1 atom stereocenters. The van der Waals surface area contributed by atoms with Crippen molar-refractivity contribution >= 4 is 11.6 Å². The largest absolute Gasteiger partial charge is 0.488 e. The van der Waals surface area contributed by atoms with Crippen LogP contribution in [0.1, 0.15) is 12.5 Å². The lowest BCUT2D eigenvalue weighted by Gasteiger charge is -2.15. The normalized spacial score (nSPS) is 12.6. The second-order valence-corrected chi connectivity index (χ2v) is 3.54. The van der Waals surface area contributed by atoms with E-state index in [1.54, 1.807) is 19.4 Å². The van der Waals surface area contributed by atoms with Crippen molar-refractivity contribution < 1.29 is 9.47 Å². The smallest absolute Gasteiger partial charge is 0.132 e. The first-order chi connectivity index (χ1) is 6.63. The molecule has 1 rings (SSSR count). The highest BCUT2D eigenvalue weighted by atomic mass is 35.5. The maximum absolute atomic E-state index is 5.75. The van der Waals surface area contributed by atoms with E-state index in [0.29, 0.717) is 11.8 Å². The molecule has 1 aromatic heterocycles. The number of nitrogens with zero attached hydrogens (tertiary/aromatic N) is 1. The first-order valence-corrected chi connectivity index (χ1v) is 4.79. The summed E-state index contributed by atoms with van der Waals surface area (Å²) in [5.74, 6) is 0.759. The molecule has 78 valence electrons. The van der Waals surface area contributed by atoms with Gasteiger partial charge in [-0.15, -0.1) is 0 Å². The Labute approximate surface area is 89.0 Å². The maximum Gasteiger partial charge on any atom is 0.132 e. The molecule has 1 heterocycles. The summed E-state index contributed by atoms with van der Waals surface area (Å²) in [6, 6.07) is 1.71. The fourth-order valence-electron chi connectivity index (χ4n) is 1.09. The van der Waals surface area contributed by atoms with Crippen molar-refractivity contribution in [3.63, 3.8) is 0 Å². The van der Waals surface area contributed by atoms with Gasteiger partial charge in [0.2, 0.25) is 0 Å². The standard InChI is InChI=1S/C10H14ClNO2/c1-7-5-12-10(11)4-9(7)14-8(2)6-13-3/h4-5,8H,6H2,1-3H3. The van der Waals surface area contributed by atoms with Gasteiger partial charge >= 0.3 is 0 Å². The second kappa shape index (κ2) is 5.17. The van der Waals surface area contributed by atoms with Gasteiger partial charge in [-0.05, 0) is 13.8 Å². The summed E-state index contributed by atoms with van der Waals surface area (Å²) in [4.78, 5) is 3.95. The summed E-state index contributed by atoms with van der Waals surface area (Å²) in [6.07, 6.45) is 1.70. The van der Waals surface area contributed by atoms with Gasteiger partial charge in [0.25, 0.3) is 0 Å². The number of hydrogen-bond acceptors (Lipinski definition) is 3. The average Bonchev–Trinajstić information content (AvgIpc) is 2.12. The van der Waals surface area contributed by atoms with Crippen LogP contribution in [0.3, 0.4) is 0 Å². The maximum atomic E-state index is 5.75. The Bertz CT molecular complexity index is 304. The molecule has 0 aromatic carbocycles. The van der Waals surface area contributed by atoms with E-state index in [0.717, 1.165) is 11.3 Å². The lowest BCUT2D eigenvalue weighted by Crippen LogP contribution is -2.18. The molecule has 0 fully saturated rings. The van der Waals surface area contributed by atoms with E-state index in [-0.39, 0.29) is 6.10 Å². The molecular weight excluding hydrogens is 202 g/mol. The third-order valence-electron chi connectivity index (χ3n) is 1.75. The highest BCUT2D eigenvalue weighted by molar-refractivity contribution is 6.29. The number of hydrogen-bond donors (Lipinski definition) is 0. The predicted octanol–water partition coefficient (Wildman–Crippen LogP) is 2.46. The summed E-state index contributed by atoms with van der Waals surface area (Å²) in [5, 5.41) is 0.440. The minimum absolute atomic E-state index is 0.0113. The van der Waals surface area contributed by atoms with Crippen LogP contribution in [0.5, 0.6) is 5.75 Å². The average molecular weight is 216 g/mol. The van der Waals surface area contributed by atoms with Gasteiger partial charge in [0.05, 0.1) is 6.61 Å². The molecule has 0 spiro atoms. The molecule has 1 aromatic rings. The summed E-state index contributed by atoms with van der Waals surface area (Å²) < 4.78 is 10.6. The molecule has 0 amide bonds. The highest BCUT2D eigenvalue weighted by Gasteiger charge is 2.06. The molecule has 0 radical (unpaired) electrons. The molecule has 0 aliphatic rings. The molecule has 14 heavy (non-hydrogen) atoms. The summed E-state index contributed by atoms with van der Waals surface area (Å²) in [5.41, 5.74) is 0.970. The molecule has 0 saturated heterocycles. The predicted molar refractivity (Wildman–Crippen MR) is 56.0 cm³/mol. The number of methoxy groups -OCH3 is 1. The zero-order chi connectivity index (χ0) is 10.6. The molecule has 0 N–H and O–H groups in total. The Morgan fingerprint density at radius 1 is 1.57 bits per heavy atom. The molecule has 0 bridgehead atoms. The van der Waals surface area contributed by atoms with Crippen LogP contribution in [0.2, 0.25) is 5.15 Å². The summed E-state index contributed by atoms with van der Waals surface area (Å²) >= 11 is 5.75. The zero-order valence-corrected chi connectivity index (χ0v) is 9.34. The molecule has 3 nitrogen and oxygen atoms in total. The lowest BCUT2D eigenvalue weighted by molar-refractivity contribution is 0.0915. The monoisotopic (exact) mass is 215 g/mol. The second-order valence-electron chi connectivity index (χ2n) is 3.16. The van der Waals surface area contributed by atoms with E-state index in [1.807, 2.05) is 13.8 Å². The van der Waals surface area contributed by atoms with Crippen LogP contribution in [0, 0.1) is 6.92 Å². The number of ether oxygens (including phenoxy) is 2. The molecule has 0 aliphatic carbocycles. The van der Waals surface area contributed by atoms with Gasteiger partial charge in [0.1, 0.15) is 17.0 Å². The van der Waals surface area contributed by atoms with E-state index in [2.05, 4.69) is 4.98 Å². The van der Waals surface area contributed by atoms with Crippen LogP contribution < -0.4 is 4.74 Å². The first-order valence-electron chi connectivity index (χ1n) is 4.41. The molecular formula is C10H14ClNO2. The minimum atomic E-state index is 0.0113. The SMILES string of the molecule is COCC(C)Oc1cc(Cl)ncc1C. The Kier molecular flexibility index (Phi) is 4.17. The van der Waals surface area contributed by atoms with E-state index >= 15 is 0 Å². The molecule has 0 saturated carbocycles. The van der Waals surface area contributed by atoms with Crippen molar-refractivity contribution in [2.75, 3.05) is 13.7 Å². The fourth-order valence-corrected chi connectivity index (χ4v) is 1.24. The van der Waals surface area contributed by atoms with E-state index in [1.165, 1.54) is 0 Å². The number of pyridine rings is 1.